The van der Waals surface area contributed by atoms with E-state index in [-0.39, 0.29) is 0 Å². The standard InChI is InChI=1S/C7H4ClNS2/c8-7-9-5-2-1-4(10)3-6(5)11-7/h1-3,10H. The van der Waals surface area contributed by atoms with Crippen molar-refractivity contribution in [3.8, 4) is 0 Å². The summed E-state index contributed by atoms with van der Waals surface area (Å²) >= 11 is 11.4. The lowest BCUT2D eigenvalue weighted by Gasteiger charge is -1.87. The lowest BCUT2D eigenvalue weighted by molar-refractivity contribution is 1.46. The summed E-state index contributed by atoms with van der Waals surface area (Å²) in [7, 11) is 0. The van der Waals surface area contributed by atoms with Crippen LogP contribution in [0.5, 0.6) is 0 Å². The zero-order chi connectivity index (χ0) is 7.84. The van der Waals surface area contributed by atoms with Gasteiger partial charge in [-0.1, -0.05) is 11.6 Å². The summed E-state index contributed by atoms with van der Waals surface area (Å²) in [6.45, 7) is 0. The number of nitrogens with zero attached hydrogens (tertiary/aromatic N) is 1. The summed E-state index contributed by atoms with van der Waals surface area (Å²) in [6, 6.07) is 5.78. The van der Waals surface area contributed by atoms with E-state index in [1.165, 1.54) is 11.3 Å². The third-order valence-electron chi connectivity index (χ3n) is 1.35. The number of thiazole rings is 1. The Balaban J connectivity index is 2.82. The first-order valence-corrected chi connectivity index (χ1v) is 4.65. The molecule has 0 N–H and O–H groups in total. The minimum Gasteiger partial charge on any atom is -0.225 e. The quantitative estimate of drug-likeness (QED) is 0.646. The zero-order valence-electron chi connectivity index (χ0n) is 5.41. The molecule has 4 heteroatoms. The van der Waals surface area contributed by atoms with E-state index in [9.17, 15) is 0 Å². The van der Waals surface area contributed by atoms with Gasteiger partial charge in [-0.25, -0.2) is 4.98 Å². The first-order chi connectivity index (χ1) is 5.25. The minimum absolute atomic E-state index is 0.582. The summed E-state index contributed by atoms with van der Waals surface area (Å²) in [5.41, 5.74) is 0.942. The molecule has 1 aromatic heterocycles. The molecule has 2 rings (SSSR count). The molecular formula is C7H4ClNS2. The van der Waals surface area contributed by atoms with Gasteiger partial charge in [0.2, 0.25) is 0 Å². The van der Waals surface area contributed by atoms with Crippen LogP contribution >= 0.6 is 35.6 Å². The van der Waals surface area contributed by atoms with Gasteiger partial charge < -0.3 is 0 Å². The molecule has 0 spiro atoms. The van der Waals surface area contributed by atoms with Crippen LogP contribution in [0.4, 0.5) is 0 Å². The Morgan fingerprint density at radius 1 is 1.45 bits per heavy atom. The summed E-state index contributed by atoms with van der Waals surface area (Å²) in [4.78, 5) is 5.05. The molecule has 0 aliphatic rings. The molecule has 0 aliphatic heterocycles. The smallest absolute Gasteiger partial charge is 0.184 e. The van der Waals surface area contributed by atoms with E-state index in [1.54, 1.807) is 0 Å². The average molecular weight is 202 g/mol. The average Bonchev–Trinajstić information content (AvgIpc) is 2.27. The van der Waals surface area contributed by atoms with Gasteiger partial charge in [-0.3, -0.25) is 0 Å². The number of hydrogen-bond acceptors (Lipinski definition) is 3. The van der Waals surface area contributed by atoms with Gasteiger partial charge in [0, 0.05) is 4.90 Å². The van der Waals surface area contributed by atoms with E-state index in [4.69, 9.17) is 11.6 Å². The van der Waals surface area contributed by atoms with Crippen LogP contribution in [0, 0.1) is 0 Å². The van der Waals surface area contributed by atoms with Crippen LogP contribution in [0.2, 0.25) is 4.47 Å². The van der Waals surface area contributed by atoms with Crippen LogP contribution in [-0.4, -0.2) is 4.98 Å². The molecule has 0 bridgehead atoms. The number of rotatable bonds is 0. The molecule has 0 saturated carbocycles. The largest absolute Gasteiger partial charge is 0.225 e. The van der Waals surface area contributed by atoms with Crippen LogP contribution in [0.3, 0.4) is 0 Å². The van der Waals surface area contributed by atoms with Gasteiger partial charge in [0.1, 0.15) is 0 Å². The van der Waals surface area contributed by atoms with E-state index in [1.807, 2.05) is 18.2 Å². The maximum absolute atomic E-state index is 5.72. The normalized spacial score (nSPS) is 10.7. The highest BCUT2D eigenvalue weighted by atomic mass is 35.5. The summed E-state index contributed by atoms with van der Waals surface area (Å²) in [5, 5.41) is 0. The Hall–Kier alpha value is -0.250. The Bertz CT molecular complexity index is 396. The van der Waals surface area contributed by atoms with Gasteiger partial charge in [-0.2, -0.15) is 0 Å². The van der Waals surface area contributed by atoms with Crippen molar-refractivity contribution >= 4 is 45.8 Å². The summed E-state index contributed by atoms with van der Waals surface area (Å²) in [5.74, 6) is 0. The highest BCUT2D eigenvalue weighted by Crippen LogP contribution is 2.27. The van der Waals surface area contributed by atoms with Crippen molar-refractivity contribution in [1.82, 2.24) is 4.98 Å². The summed E-state index contributed by atoms with van der Waals surface area (Å²) in [6.07, 6.45) is 0. The van der Waals surface area contributed by atoms with E-state index in [0.29, 0.717) is 4.47 Å². The second kappa shape index (κ2) is 2.66. The molecule has 0 amide bonds. The number of hydrogen-bond donors (Lipinski definition) is 1. The monoisotopic (exact) mass is 201 g/mol. The van der Waals surface area contributed by atoms with Crippen LogP contribution in [0.1, 0.15) is 0 Å². The highest BCUT2D eigenvalue weighted by Gasteiger charge is 1.99. The molecule has 0 unspecified atom stereocenters. The number of fused-ring (bicyclic) bond motifs is 1. The van der Waals surface area contributed by atoms with E-state index >= 15 is 0 Å². The zero-order valence-corrected chi connectivity index (χ0v) is 7.88. The van der Waals surface area contributed by atoms with Gasteiger partial charge in [-0.15, -0.1) is 24.0 Å². The van der Waals surface area contributed by atoms with E-state index in [0.717, 1.165) is 15.1 Å². The van der Waals surface area contributed by atoms with Crippen molar-refractivity contribution in [3.63, 3.8) is 0 Å². The Kier molecular flexibility index (Phi) is 1.79. The molecule has 0 atom stereocenters. The molecule has 0 radical (unpaired) electrons. The summed E-state index contributed by atoms with van der Waals surface area (Å²) < 4.78 is 1.67. The van der Waals surface area contributed by atoms with Crippen LogP contribution in [0.15, 0.2) is 23.1 Å². The lowest BCUT2D eigenvalue weighted by Crippen LogP contribution is -1.66. The molecule has 0 saturated heterocycles. The van der Waals surface area contributed by atoms with Gasteiger partial charge in [0.15, 0.2) is 4.47 Å². The fourth-order valence-corrected chi connectivity index (χ4v) is 2.25. The molecular weight excluding hydrogens is 198 g/mol. The van der Waals surface area contributed by atoms with Crippen LogP contribution < -0.4 is 0 Å². The van der Waals surface area contributed by atoms with Crippen LogP contribution in [-0.2, 0) is 0 Å². The van der Waals surface area contributed by atoms with E-state index in [2.05, 4.69) is 17.6 Å². The second-order valence-corrected chi connectivity index (χ2v) is 4.25. The predicted molar refractivity (Wildman–Crippen MR) is 51.9 cm³/mol. The third kappa shape index (κ3) is 1.36. The van der Waals surface area contributed by atoms with Gasteiger partial charge in [0.05, 0.1) is 10.2 Å². The Morgan fingerprint density at radius 2 is 2.27 bits per heavy atom. The number of benzene rings is 1. The van der Waals surface area contributed by atoms with Crippen molar-refractivity contribution in [1.29, 1.82) is 0 Å². The first-order valence-electron chi connectivity index (χ1n) is 3.01. The third-order valence-corrected chi connectivity index (χ3v) is 2.75. The predicted octanol–water partition coefficient (Wildman–Crippen LogP) is 3.24. The number of aromatic nitrogens is 1. The number of thiol groups is 1. The molecule has 0 fully saturated rings. The molecule has 56 valence electrons. The fraction of sp³-hybridized carbons (Fsp3) is 0. The van der Waals surface area contributed by atoms with Crippen molar-refractivity contribution in [3.05, 3.63) is 22.7 Å². The van der Waals surface area contributed by atoms with Crippen molar-refractivity contribution in [2.75, 3.05) is 0 Å². The SMILES string of the molecule is Sc1ccc2nc(Cl)sc2c1. The van der Waals surface area contributed by atoms with Crippen molar-refractivity contribution in [2.24, 2.45) is 0 Å². The lowest BCUT2D eigenvalue weighted by atomic mass is 10.3. The first kappa shape index (κ1) is 7.40. The molecule has 1 aromatic carbocycles. The molecule has 11 heavy (non-hydrogen) atoms. The Labute approximate surface area is 78.4 Å². The highest BCUT2D eigenvalue weighted by molar-refractivity contribution is 7.80. The molecule has 1 nitrogen and oxygen atoms in total. The molecule has 1 heterocycles. The van der Waals surface area contributed by atoms with Crippen molar-refractivity contribution < 1.29 is 0 Å². The Morgan fingerprint density at radius 3 is 3.09 bits per heavy atom. The maximum Gasteiger partial charge on any atom is 0.184 e. The van der Waals surface area contributed by atoms with Gasteiger partial charge in [0.25, 0.3) is 0 Å². The molecule has 0 aliphatic carbocycles. The topological polar surface area (TPSA) is 12.9 Å². The van der Waals surface area contributed by atoms with Gasteiger partial charge in [-0.05, 0) is 18.2 Å². The van der Waals surface area contributed by atoms with Gasteiger partial charge >= 0.3 is 0 Å². The van der Waals surface area contributed by atoms with E-state index < -0.39 is 0 Å². The minimum atomic E-state index is 0.582. The fourth-order valence-electron chi connectivity index (χ4n) is 0.885. The molecule has 2 aromatic rings. The van der Waals surface area contributed by atoms with Crippen molar-refractivity contribution in [2.45, 2.75) is 4.90 Å². The second-order valence-electron chi connectivity index (χ2n) is 2.12. The maximum atomic E-state index is 5.72. The van der Waals surface area contributed by atoms with Crippen LogP contribution in [0.25, 0.3) is 10.2 Å². The number of halogens is 1.